The quantitative estimate of drug-likeness (QED) is 0.549. The molecule has 0 spiro atoms. The first-order valence-electron chi connectivity index (χ1n) is 9.73. The minimum absolute atomic E-state index is 0.0895. The molecule has 5 nitrogen and oxygen atoms in total. The second-order valence-corrected chi connectivity index (χ2v) is 8.47. The minimum atomic E-state index is -0.238. The number of morpholine rings is 1. The van der Waals surface area contributed by atoms with E-state index in [0.717, 1.165) is 44.7 Å². The van der Waals surface area contributed by atoms with Crippen LogP contribution in [0, 0.1) is 23.7 Å². The second kappa shape index (κ2) is 6.93. The van der Waals surface area contributed by atoms with E-state index in [1.165, 1.54) is 32.1 Å². The molecule has 0 aromatic heterocycles. The highest BCUT2D eigenvalue weighted by molar-refractivity contribution is 5.71. The van der Waals surface area contributed by atoms with Crippen molar-refractivity contribution in [3.63, 3.8) is 0 Å². The van der Waals surface area contributed by atoms with E-state index in [2.05, 4.69) is 11.8 Å². The Morgan fingerprint density at radius 2 is 1.71 bits per heavy atom. The molecule has 4 saturated carbocycles. The van der Waals surface area contributed by atoms with Crippen molar-refractivity contribution in [3.05, 3.63) is 0 Å². The van der Waals surface area contributed by atoms with Crippen molar-refractivity contribution in [3.8, 4) is 0 Å². The Balaban J connectivity index is 1.21. The van der Waals surface area contributed by atoms with Gasteiger partial charge in [-0.15, -0.1) is 0 Å². The van der Waals surface area contributed by atoms with Gasteiger partial charge in [-0.1, -0.05) is 0 Å². The van der Waals surface area contributed by atoms with Gasteiger partial charge in [-0.05, 0) is 62.7 Å². The van der Waals surface area contributed by atoms with Crippen molar-refractivity contribution in [2.75, 3.05) is 46.1 Å². The van der Waals surface area contributed by atoms with E-state index >= 15 is 0 Å². The fourth-order valence-corrected chi connectivity index (χ4v) is 5.74. The fourth-order valence-electron chi connectivity index (χ4n) is 5.74. The highest BCUT2D eigenvalue weighted by Crippen LogP contribution is 2.59. The van der Waals surface area contributed by atoms with Crippen LogP contribution in [0.1, 0.15) is 39.0 Å². The maximum absolute atomic E-state index is 12.3. The topological polar surface area (TPSA) is 48.0 Å². The Bertz CT molecular complexity index is 432. The summed E-state index contributed by atoms with van der Waals surface area (Å²) in [4.78, 5) is 14.6. The summed E-state index contributed by atoms with van der Waals surface area (Å²) in [5.74, 6) is 2.76. The van der Waals surface area contributed by atoms with Crippen molar-refractivity contribution >= 4 is 5.97 Å². The third-order valence-corrected chi connectivity index (χ3v) is 6.97. The van der Waals surface area contributed by atoms with Gasteiger partial charge in [0.15, 0.2) is 0 Å². The average Bonchev–Trinajstić information content (AvgIpc) is 2.57. The fraction of sp³-hybridized carbons (Fsp3) is 0.947. The summed E-state index contributed by atoms with van der Waals surface area (Å²) < 4.78 is 16.9. The first-order chi connectivity index (χ1) is 11.6. The molecular weight excluding hydrogens is 306 g/mol. The molecule has 1 aliphatic heterocycles. The molecular formula is C19H31NO4. The van der Waals surface area contributed by atoms with E-state index in [4.69, 9.17) is 14.2 Å². The highest BCUT2D eigenvalue weighted by atomic mass is 16.6. The number of esters is 1. The number of hydrogen-bond donors (Lipinski definition) is 0. The SMILES string of the molecule is CC1(OC(=O)COCCN2CCOCC2)C2CC3CC(C2)CC1C3. The summed E-state index contributed by atoms with van der Waals surface area (Å²) in [6.07, 6.45) is 6.45. The molecule has 0 atom stereocenters. The van der Waals surface area contributed by atoms with Gasteiger partial charge in [-0.2, -0.15) is 0 Å². The number of nitrogens with zero attached hydrogens (tertiary/aromatic N) is 1. The molecule has 0 aromatic rings. The summed E-state index contributed by atoms with van der Waals surface area (Å²) in [6.45, 7) is 7.23. The average molecular weight is 337 g/mol. The Morgan fingerprint density at radius 1 is 1.08 bits per heavy atom. The lowest BCUT2D eigenvalue weighted by molar-refractivity contribution is -0.206. The number of hydrogen-bond acceptors (Lipinski definition) is 5. The van der Waals surface area contributed by atoms with Gasteiger partial charge in [-0.25, -0.2) is 4.79 Å². The smallest absolute Gasteiger partial charge is 0.332 e. The van der Waals surface area contributed by atoms with Crippen molar-refractivity contribution in [1.29, 1.82) is 0 Å². The lowest BCUT2D eigenvalue weighted by Crippen LogP contribution is -2.58. The third kappa shape index (κ3) is 3.35. The molecule has 5 heteroatoms. The van der Waals surface area contributed by atoms with Gasteiger partial charge in [0.05, 0.1) is 19.8 Å². The normalized spacial score (nSPS) is 41.5. The molecule has 0 radical (unpaired) electrons. The van der Waals surface area contributed by atoms with Crippen LogP contribution in [0.15, 0.2) is 0 Å². The minimum Gasteiger partial charge on any atom is -0.457 e. The van der Waals surface area contributed by atoms with E-state index in [-0.39, 0.29) is 18.2 Å². The molecule has 1 heterocycles. The van der Waals surface area contributed by atoms with Crippen molar-refractivity contribution in [1.82, 2.24) is 4.90 Å². The maximum atomic E-state index is 12.3. The van der Waals surface area contributed by atoms with E-state index < -0.39 is 0 Å². The van der Waals surface area contributed by atoms with Crippen LogP contribution in [-0.4, -0.2) is 62.5 Å². The Labute approximate surface area is 145 Å². The van der Waals surface area contributed by atoms with Gasteiger partial charge in [0.25, 0.3) is 0 Å². The van der Waals surface area contributed by atoms with Crippen LogP contribution >= 0.6 is 0 Å². The van der Waals surface area contributed by atoms with E-state index in [1.807, 2.05) is 0 Å². The van der Waals surface area contributed by atoms with Crippen LogP contribution in [0.5, 0.6) is 0 Å². The molecule has 1 saturated heterocycles. The van der Waals surface area contributed by atoms with E-state index in [9.17, 15) is 4.79 Å². The molecule has 0 unspecified atom stereocenters. The first-order valence-corrected chi connectivity index (χ1v) is 9.73. The van der Waals surface area contributed by atoms with Crippen LogP contribution in [0.2, 0.25) is 0 Å². The van der Waals surface area contributed by atoms with Crippen molar-refractivity contribution < 1.29 is 19.0 Å². The second-order valence-electron chi connectivity index (χ2n) is 8.47. The number of ether oxygens (including phenoxy) is 3. The van der Waals surface area contributed by atoms with Crippen LogP contribution in [0.25, 0.3) is 0 Å². The molecule has 0 N–H and O–H groups in total. The largest absolute Gasteiger partial charge is 0.457 e. The van der Waals surface area contributed by atoms with Gasteiger partial charge in [0, 0.05) is 19.6 Å². The summed E-state index contributed by atoms with van der Waals surface area (Å²) in [5.41, 5.74) is -0.238. The standard InChI is InChI=1S/C19H31NO4/c1-19(16-9-14-8-15(11-16)12-17(19)10-14)24-18(21)13-23-7-4-20-2-5-22-6-3-20/h14-17H,2-13H2,1H3. The molecule has 0 amide bonds. The summed E-state index contributed by atoms with van der Waals surface area (Å²) >= 11 is 0. The van der Waals surface area contributed by atoms with Gasteiger partial charge in [0.1, 0.15) is 12.2 Å². The Morgan fingerprint density at radius 3 is 2.33 bits per heavy atom. The zero-order valence-corrected chi connectivity index (χ0v) is 14.9. The van der Waals surface area contributed by atoms with Gasteiger partial charge >= 0.3 is 5.97 Å². The van der Waals surface area contributed by atoms with E-state index in [0.29, 0.717) is 18.4 Å². The van der Waals surface area contributed by atoms with Crippen LogP contribution < -0.4 is 0 Å². The van der Waals surface area contributed by atoms with E-state index in [1.54, 1.807) is 0 Å². The van der Waals surface area contributed by atoms with Gasteiger partial charge < -0.3 is 14.2 Å². The molecule has 4 bridgehead atoms. The van der Waals surface area contributed by atoms with Crippen molar-refractivity contribution in [2.24, 2.45) is 23.7 Å². The zero-order chi connectivity index (χ0) is 16.6. The predicted octanol–water partition coefficient (Wildman–Crippen LogP) is 2.09. The van der Waals surface area contributed by atoms with Crippen LogP contribution in [0.4, 0.5) is 0 Å². The summed E-state index contributed by atoms with van der Waals surface area (Å²) in [6, 6.07) is 0. The number of carbonyl (C=O) groups excluding carboxylic acids is 1. The third-order valence-electron chi connectivity index (χ3n) is 6.97. The molecule has 136 valence electrons. The first kappa shape index (κ1) is 16.8. The number of carbonyl (C=O) groups is 1. The molecule has 5 aliphatic rings. The summed E-state index contributed by atoms with van der Waals surface area (Å²) in [7, 11) is 0. The predicted molar refractivity (Wildman–Crippen MR) is 89.6 cm³/mol. The van der Waals surface area contributed by atoms with Gasteiger partial charge in [-0.3, -0.25) is 4.90 Å². The molecule has 4 aliphatic carbocycles. The lowest BCUT2D eigenvalue weighted by Gasteiger charge is -2.59. The van der Waals surface area contributed by atoms with Crippen LogP contribution in [0.3, 0.4) is 0 Å². The Hall–Kier alpha value is -0.650. The van der Waals surface area contributed by atoms with Crippen molar-refractivity contribution in [2.45, 2.75) is 44.6 Å². The molecule has 5 rings (SSSR count). The molecule has 5 fully saturated rings. The molecule has 0 aromatic carbocycles. The monoisotopic (exact) mass is 337 g/mol. The molecule has 24 heavy (non-hydrogen) atoms. The lowest BCUT2D eigenvalue weighted by atomic mass is 9.50. The Kier molecular flexibility index (Phi) is 4.85. The number of rotatable bonds is 6. The summed E-state index contributed by atoms with van der Waals surface area (Å²) in [5, 5.41) is 0. The zero-order valence-electron chi connectivity index (χ0n) is 14.9. The van der Waals surface area contributed by atoms with Gasteiger partial charge in [0.2, 0.25) is 0 Å². The maximum Gasteiger partial charge on any atom is 0.332 e. The van der Waals surface area contributed by atoms with Crippen LogP contribution in [-0.2, 0) is 19.0 Å². The highest BCUT2D eigenvalue weighted by Gasteiger charge is 2.56.